The Morgan fingerprint density at radius 1 is 1.00 bits per heavy atom. The molecule has 110 valence electrons. The monoisotopic (exact) mass is 287 g/mol. The average molecular weight is 287 g/mol. The lowest BCUT2D eigenvalue weighted by Crippen LogP contribution is -2.34. The van der Waals surface area contributed by atoms with Gasteiger partial charge < -0.3 is 0 Å². The zero-order chi connectivity index (χ0) is 15.1. The topological polar surface area (TPSA) is 3.24 Å². The number of benzene rings is 2. The first-order chi connectivity index (χ1) is 9.95. The molecule has 0 N–H and O–H groups in total. The summed E-state index contributed by atoms with van der Waals surface area (Å²) in [5, 5.41) is 0. The zero-order valence-corrected chi connectivity index (χ0v) is 12.5. The van der Waals surface area contributed by atoms with Crippen molar-refractivity contribution in [3.05, 3.63) is 70.3 Å². The lowest BCUT2D eigenvalue weighted by atomic mass is 9.81. The number of nitrogens with zero attached hydrogens (tertiary/aromatic N) is 1. The first-order valence-corrected chi connectivity index (χ1v) is 7.22. The van der Waals surface area contributed by atoms with Gasteiger partial charge in [0.05, 0.1) is 0 Å². The first kappa shape index (κ1) is 14.2. The Morgan fingerprint density at radius 2 is 1.67 bits per heavy atom. The van der Waals surface area contributed by atoms with Crippen LogP contribution in [0.3, 0.4) is 0 Å². The van der Waals surface area contributed by atoms with Crippen molar-refractivity contribution in [3.8, 4) is 0 Å². The molecule has 0 radical (unpaired) electrons. The molecule has 1 aliphatic rings. The molecule has 2 aromatic rings. The van der Waals surface area contributed by atoms with Gasteiger partial charge in [0.25, 0.3) is 0 Å². The van der Waals surface area contributed by atoms with Crippen LogP contribution in [0, 0.1) is 18.6 Å². The number of halogens is 2. The van der Waals surface area contributed by atoms with Gasteiger partial charge in [-0.3, -0.25) is 4.90 Å². The summed E-state index contributed by atoms with van der Waals surface area (Å²) in [6, 6.07) is 10.5. The second kappa shape index (κ2) is 5.23. The molecule has 0 bridgehead atoms. The maximum atomic E-state index is 13.5. The van der Waals surface area contributed by atoms with Crippen LogP contribution in [0.4, 0.5) is 8.78 Å². The summed E-state index contributed by atoms with van der Waals surface area (Å²) < 4.78 is 27.1. The molecule has 0 saturated heterocycles. The lowest BCUT2D eigenvalue weighted by molar-refractivity contribution is 0.233. The van der Waals surface area contributed by atoms with E-state index in [2.05, 4.69) is 44.0 Å². The van der Waals surface area contributed by atoms with E-state index in [1.165, 1.54) is 28.8 Å². The Hall–Kier alpha value is -1.74. The van der Waals surface area contributed by atoms with Gasteiger partial charge in [0.2, 0.25) is 0 Å². The Bertz CT molecular complexity index is 661. The van der Waals surface area contributed by atoms with Crippen molar-refractivity contribution in [2.45, 2.75) is 25.8 Å². The van der Waals surface area contributed by atoms with E-state index in [0.717, 1.165) is 12.6 Å². The van der Waals surface area contributed by atoms with E-state index in [4.69, 9.17) is 0 Å². The Kier molecular flexibility index (Phi) is 3.54. The number of likely N-dealkylation sites (N-methyl/N-ethyl adjacent to an activating group) is 1. The van der Waals surface area contributed by atoms with Crippen molar-refractivity contribution < 1.29 is 8.78 Å². The van der Waals surface area contributed by atoms with Crippen LogP contribution in [0.5, 0.6) is 0 Å². The number of rotatable bonds is 1. The molecule has 0 saturated carbocycles. The minimum absolute atomic E-state index is 0.00648. The summed E-state index contributed by atoms with van der Waals surface area (Å²) in [7, 11) is 2.05. The molecule has 1 heterocycles. The van der Waals surface area contributed by atoms with E-state index < -0.39 is 11.6 Å². The van der Waals surface area contributed by atoms with Crippen molar-refractivity contribution in [2.75, 3.05) is 13.6 Å². The molecule has 3 rings (SSSR count). The molecular weight excluding hydrogens is 268 g/mol. The summed E-state index contributed by atoms with van der Waals surface area (Å²) in [6.07, 6.45) is 0. The largest absolute Gasteiger partial charge is 0.299 e. The quantitative estimate of drug-likeness (QED) is 0.751. The van der Waals surface area contributed by atoms with Crippen LogP contribution in [0.15, 0.2) is 36.4 Å². The number of fused-ring (bicyclic) bond motifs is 1. The van der Waals surface area contributed by atoms with E-state index in [1.807, 2.05) is 0 Å². The maximum Gasteiger partial charge on any atom is 0.126 e. The van der Waals surface area contributed by atoms with Gasteiger partial charge >= 0.3 is 0 Å². The molecule has 1 aliphatic heterocycles. The fourth-order valence-electron chi connectivity index (χ4n) is 3.22. The third kappa shape index (κ3) is 2.58. The van der Waals surface area contributed by atoms with Crippen LogP contribution in [0.2, 0.25) is 0 Å². The van der Waals surface area contributed by atoms with Gasteiger partial charge in [0, 0.05) is 24.6 Å². The Morgan fingerprint density at radius 3 is 2.33 bits per heavy atom. The van der Waals surface area contributed by atoms with Gasteiger partial charge in [-0.15, -0.1) is 0 Å². The molecule has 0 aromatic heterocycles. The highest BCUT2D eigenvalue weighted by atomic mass is 19.1. The van der Waals surface area contributed by atoms with Gasteiger partial charge in [-0.05, 0) is 49.7 Å². The van der Waals surface area contributed by atoms with Crippen LogP contribution in [0.25, 0.3) is 0 Å². The third-order valence-corrected chi connectivity index (χ3v) is 4.49. The lowest BCUT2D eigenvalue weighted by Gasteiger charge is -2.38. The smallest absolute Gasteiger partial charge is 0.126 e. The summed E-state index contributed by atoms with van der Waals surface area (Å²) in [5.74, 6) is -1.02. The molecule has 1 nitrogen and oxygen atoms in total. The zero-order valence-electron chi connectivity index (χ0n) is 12.5. The molecule has 2 atom stereocenters. The summed E-state index contributed by atoms with van der Waals surface area (Å²) in [6.45, 7) is 5.00. The SMILES string of the molecule is Cc1ccc2c(c1)C(C)N(C)CC2c1cc(F)cc(F)c1. The second-order valence-corrected chi connectivity index (χ2v) is 6.00. The molecule has 0 aliphatic carbocycles. The van der Waals surface area contributed by atoms with E-state index in [-0.39, 0.29) is 5.92 Å². The van der Waals surface area contributed by atoms with Crippen molar-refractivity contribution >= 4 is 0 Å². The predicted octanol–water partition coefficient (Wildman–Crippen LogP) is 4.41. The third-order valence-electron chi connectivity index (χ3n) is 4.49. The minimum Gasteiger partial charge on any atom is -0.299 e. The summed E-state index contributed by atoms with van der Waals surface area (Å²) in [5.41, 5.74) is 4.34. The molecule has 0 spiro atoms. The molecule has 2 aromatic carbocycles. The predicted molar refractivity (Wildman–Crippen MR) is 80.4 cm³/mol. The van der Waals surface area contributed by atoms with Gasteiger partial charge in [0.1, 0.15) is 11.6 Å². The standard InChI is InChI=1S/C18H19F2N/c1-11-4-5-16-17(6-11)12(2)21(3)10-18(16)13-7-14(19)9-15(20)8-13/h4-9,12,18H,10H2,1-3H3. The molecule has 3 heteroatoms. The van der Waals surface area contributed by atoms with Gasteiger partial charge in [-0.1, -0.05) is 23.8 Å². The van der Waals surface area contributed by atoms with E-state index in [0.29, 0.717) is 11.6 Å². The van der Waals surface area contributed by atoms with Crippen LogP contribution in [-0.2, 0) is 0 Å². The number of aryl methyl sites for hydroxylation is 1. The van der Waals surface area contributed by atoms with Crippen molar-refractivity contribution in [1.29, 1.82) is 0 Å². The molecule has 0 amide bonds. The van der Waals surface area contributed by atoms with E-state index >= 15 is 0 Å². The van der Waals surface area contributed by atoms with Crippen molar-refractivity contribution in [3.63, 3.8) is 0 Å². The second-order valence-electron chi connectivity index (χ2n) is 6.00. The van der Waals surface area contributed by atoms with Crippen LogP contribution >= 0.6 is 0 Å². The van der Waals surface area contributed by atoms with Crippen molar-refractivity contribution in [1.82, 2.24) is 4.90 Å². The average Bonchev–Trinajstić information content (AvgIpc) is 2.42. The normalized spacial score (nSPS) is 22.1. The number of hydrogen-bond donors (Lipinski definition) is 0. The Balaban J connectivity index is 2.14. The van der Waals surface area contributed by atoms with Gasteiger partial charge in [-0.25, -0.2) is 8.78 Å². The number of hydrogen-bond acceptors (Lipinski definition) is 1. The fourth-order valence-corrected chi connectivity index (χ4v) is 3.22. The van der Waals surface area contributed by atoms with Crippen molar-refractivity contribution in [2.24, 2.45) is 0 Å². The highest BCUT2D eigenvalue weighted by Gasteiger charge is 2.29. The molecule has 21 heavy (non-hydrogen) atoms. The van der Waals surface area contributed by atoms with Crippen LogP contribution in [0.1, 0.15) is 41.1 Å². The van der Waals surface area contributed by atoms with Gasteiger partial charge in [-0.2, -0.15) is 0 Å². The van der Waals surface area contributed by atoms with E-state index in [1.54, 1.807) is 0 Å². The summed E-state index contributed by atoms with van der Waals surface area (Å²) >= 11 is 0. The van der Waals surface area contributed by atoms with Crippen LogP contribution < -0.4 is 0 Å². The molecule has 0 fully saturated rings. The Labute approximate surface area is 124 Å². The maximum absolute atomic E-state index is 13.5. The summed E-state index contributed by atoms with van der Waals surface area (Å²) in [4.78, 5) is 2.23. The first-order valence-electron chi connectivity index (χ1n) is 7.22. The van der Waals surface area contributed by atoms with E-state index in [9.17, 15) is 8.78 Å². The van der Waals surface area contributed by atoms with Gasteiger partial charge in [0.15, 0.2) is 0 Å². The highest BCUT2D eigenvalue weighted by Crippen LogP contribution is 2.39. The highest BCUT2D eigenvalue weighted by molar-refractivity contribution is 5.44. The molecular formula is C18H19F2N. The fraction of sp³-hybridized carbons (Fsp3) is 0.333. The van der Waals surface area contributed by atoms with Crippen LogP contribution in [-0.4, -0.2) is 18.5 Å². The minimum atomic E-state index is -0.514. The molecule has 2 unspecified atom stereocenters.